The van der Waals surface area contributed by atoms with E-state index in [1.807, 2.05) is 49.4 Å². The minimum absolute atomic E-state index is 0.144. The Kier molecular flexibility index (Phi) is 5.09. The number of allylic oxidation sites excluding steroid dienone is 2. The van der Waals surface area contributed by atoms with E-state index >= 15 is 0 Å². The van der Waals surface area contributed by atoms with E-state index in [1.165, 1.54) is 0 Å². The Bertz CT molecular complexity index is 2040. The number of ether oxygens (including phenoxy) is 3. The molecule has 1 spiro atoms. The van der Waals surface area contributed by atoms with E-state index < -0.39 is 25.6 Å². The molecule has 8 nitrogen and oxygen atoms in total. The summed E-state index contributed by atoms with van der Waals surface area (Å²) < 4.78 is 32.7. The van der Waals surface area contributed by atoms with Gasteiger partial charge in [0.15, 0.2) is 25.6 Å². The number of hydrogen-bond acceptors (Lipinski definition) is 8. The van der Waals surface area contributed by atoms with Gasteiger partial charge in [-0.15, -0.1) is 0 Å². The fraction of sp³-hybridized carbons (Fsp3) is 0.361. The average molecular weight is 620 g/mol. The number of Topliss-reactive ketones (excluding diaryl/α,β-unsaturated/α-hetero) is 2. The van der Waals surface area contributed by atoms with Crippen molar-refractivity contribution in [3.8, 4) is 22.8 Å². The van der Waals surface area contributed by atoms with E-state index in [0.29, 0.717) is 46.1 Å². The van der Waals surface area contributed by atoms with Crippen LogP contribution in [0.4, 0.5) is 0 Å². The molecule has 3 aromatic rings. The van der Waals surface area contributed by atoms with Crippen LogP contribution in [0.2, 0.25) is 19.6 Å². The maximum atomic E-state index is 14.8. The highest BCUT2D eigenvalue weighted by Crippen LogP contribution is 2.75. The zero-order chi connectivity index (χ0) is 31.4. The van der Waals surface area contributed by atoms with Gasteiger partial charge < -0.3 is 23.2 Å². The molecule has 228 valence electrons. The fourth-order valence-electron chi connectivity index (χ4n) is 9.14. The lowest BCUT2D eigenvalue weighted by molar-refractivity contribution is -0.187. The van der Waals surface area contributed by atoms with Crippen molar-refractivity contribution in [2.45, 2.75) is 70.2 Å². The van der Waals surface area contributed by atoms with Crippen molar-refractivity contribution in [1.29, 1.82) is 0 Å². The van der Waals surface area contributed by atoms with Crippen LogP contribution < -0.4 is 9.47 Å². The molecule has 1 aromatic heterocycles. The predicted octanol–water partition coefficient (Wildman–Crippen LogP) is 6.89. The molecule has 3 heterocycles. The van der Waals surface area contributed by atoms with Gasteiger partial charge in [0.1, 0.15) is 22.6 Å². The molecule has 5 atom stereocenters. The summed E-state index contributed by atoms with van der Waals surface area (Å²) in [6.07, 6.45) is 3.62. The van der Waals surface area contributed by atoms with Crippen LogP contribution >= 0.6 is 0 Å². The standard InChI is InChI=1S/C36H33NO7Si/c1-16-13-20-26(24(14-16)44-45(5,6)7)33(39)27-19(32(20)38)11-12-22-34(27)42-36-21-9-8-10-23(40-4)28(21)31-30-25(43-37-31)15-17(2)29(18(3)41-36)35(22,30)36/h8-12,14-15,18,24,29H,13H2,1-7H3/t18-,24?,29-,35+,36+/m1/s1. The van der Waals surface area contributed by atoms with Crippen molar-refractivity contribution in [2.75, 3.05) is 7.11 Å². The van der Waals surface area contributed by atoms with Gasteiger partial charge in [-0.1, -0.05) is 40.6 Å². The number of ketones is 2. The monoisotopic (exact) mass is 619 g/mol. The summed E-state index contributed by atoms with van der Waals surface area (Å²) in [5, 5.41) is 4.61. The number of carbonyl (C=O) groups excluding carboxylic acids is 2. The Hall–Kier alpha value is -4.05. The maximum absolute atomic E-state index is 14.8. The molecule has 1 fully saturated rings. The van der Waals surface area contributed by atoms with Crippen LogP contribution in [-0.4, -0.2) is 44.4 Å². The number of aromatic nitrogens is 1. The van der Waals surface area contributed by atoms with Gasteiger partial charge in [-0.3, -0.25) is 9.59 Å². The summed E-state index contributed by atoms with van der Waals surface area (Å²) >= 11 is 0. The molecular weight excluding hydrogens is 586 g/mol. The van der Waals surface area contributed by atoms with Crippen LogP contribution in [-0.2, 0) is 20.4 Å². The fourth-order valence-corrected chi connectivity index (χ4v) is 10.1. The Labute approximate surface area is 261 Å². The first-order valence-corrected chi connectivity index (χ1v) is 18.9. The first-order valence-electron chi connectivity index (χ1n) is 15.5. The van der Waals surface area contributed by atoms with Crippen molar-refractivity contribution in [3.63, 3.8) is 0 Å². The molecule has 9 heteroatoms. The Morgan fingerprint density at radius 3 is 2.58 bits per heavy atom. The van der Waals surface area contributed by atoms with Crippen molar-refractivity contribution < 1.29 is 32.7 Å². The average Bonchev–Trinajstić information content (AvgIpc) is 3.60. The third-order valence-electron chi connectivity index (χ3n) is 10.4. The highest BCUT2D eigenvalue weighted by molar-refractivity contribution is 6.69. The maximum Gasteiger partial charge on any atom is 0.253 e. The van der Waals surface area contributed by atoms with Gasteiger partial charge in [0.05, 0.1) is 30.4 Å². The van der Waals surface area contributed by atoms with Crippen LogP contribution in [0.15, 0.2) is 63.2 Å². The second-order valence-corrected chi connectivity index (χ2v) is 18.6. The topological polar surface area (TPSA) is 97.1 Å². The lowest BCUT2D eigenvalue weighted by Crippen LogP contribution is -2.53. The highest BCUT2D eigenvalue weighted by atomic mass is 28.4. The summed E-state index contributed by atoms with van der Waals surface area (Å²) in [7, 11) is -0.466. The summed E-state index contributed by atoms with van der Waals surface area (Å²) in [6, 6.07) is 9.57. The van der Waals surface area contributed by atoms with Gasteiger partial charge in [-0.25, -0.2) is 0 Å². The molecule has 0 bridgehead atoms. The van der Waals surface area contributed by atoms with Gasteiger partial charge in [0.25, 0.3) is 5.79 Å². The molecule has 45 heavy (non-hydrogen) atoms. The second kappa shape index (κ2) is 8.40. The van der Waals surface area contributed by atoms with E-state index in [0.717, 1.165) is 33.4 Å². The second-order valence-electron chi connectivity index (χ2n) is 14.1. The highest BCUT2D eigenvalue weighted by Gasteiger charge is 2.78. The van der Waals surface area contributed by atoms with E-state index in [4.69, 9.17) is 23.2 Å². The molecule has 2 aliphatic heterocycles. The van der Waals surface area contributed by atoms with Crippen molar-refractivity contribution in [3.05, 3.63) is 92.3 Å². The first-order chi connectivity index (χ1) is 21.4. The van der Waals surface area contributed by atoms with E-state index in [-0.39, 0.29) is 29.2 Å². The number of hydrogen-bond donors (Lipinski definition) is 0. The van der Waals surface area contributed by atoms with Gasteiger partial charge in [-0.2, -0.15) is 0 Å². The predicted molar refractivity (Wildman–Crippen MR) is 168 cm³/mol. The summed E-state index contributed by atoms with van der Waals surface area (Å²) in [6.45, 7) is 12.4. The number of rotatable bonds is 3. The molecule has 2 aromatic carbocycles. The van der Waals surface area contributed by atoms with Crippen LogP contribution in [0, 0.1) is 5.92 Å². The Morgan fingerprint density at radius 1 is 1.02 bits per heavy atom. The summed E-state index contributed by atoms with van der Waals surface area (Å²) in [4.78, 5) is 29.1. The zero-order valence-electron chi connectivity index (χ0n) is 26.3. The molecule has 0 radical (unpaired) electrons. The third-order valence-corrected chi connectivity index (χ3v) is 11.4. The molecule has 4 aliphatic carbocycles. The number of methoxy groups -OCH3 is 1. The number of fused-ring (bicyclic) bond motifs is 5. The summed E-state index contributed by atoms with van der Waals surface area (Å²) in [5.74, 6) is -0.230. The summed E-state index contributed by atoms with van der Waals surface area (Å²) in [5.41, 5.74) is 6.61. The van der Waals surface area contributed by atoms with Crippen molar-refractivity contribution in [2.24, 2.45) is 5.92 Å². The van der Waals surface area contributed by atoms with Gasteiger partial charge in [0.2, 0.25) is 0 Å². The molecule has 6 aliphatic rings. The molecule has 0 saturated carbocycles. The lowest BCUT2D eigenvalue weighted by atomic mass is 9.54. The van der Waals surface area contributed by atoms with Crippen LogP contribution in [0.1, 0.15) is 70.4 Å². The van der Waals surface area contributed by atoms with Crippen LogP contribution in [0.25, 0.3) is 17.3 Å². The van der Waals surface area contributed by atoms with Crippen molar-refractivity contribution >= 4 is 26.0 Å². The molecule has 0 N–H and O–H groups in total. The third kappa shape index (κ3) is 3.02. The number of carbonyl (C=O) groups is 2. The molecule has 0 amide bonds. The van der Waals surface area contributed by atoms with Gasteiger partial charge in [-0.05, 0) is 65.0 Å². The van der Waals surface area contributed by atoms with Gasteiger partial charge in [0, 0.05) is 39.3 Å². The smallest absolute Gasteiger partial charge is 0.253 e. The Balaban J connectivity index is 1.35. The first kappa shape index (κ1) is 27.3. The number of benzene rings is 2. The molecule has 1 unspecified atom stereocenters. The van der Waals surface area contributed by atoms with Crippen LogP contribution in [0.5, 0.6) is 11.5 Å². The molecular formula is C36H33NO7Si. The molecule has 1 saturated heterocycles. The van der Waals surface area contributed by atoms with Gasteiger partial charge >= 0.3 is 0 Å². The zero-order valence-corrected chi connectivity index (χ0v) is 27.3. The normalized spacial score (nSPS) is 30.0. The van der Waals surface area contributed by atoms with Crippen molar-refractivity contribution in [1.82, 2.24) is 5.16 Å². The number of nitrogens with zero attached hydrogens (tertiary/aromatic N) is 1. The van der Waals surface area contributed by atoms with E-state index in [9.17, 15) is 9.59 Å². The quantitative estimate of drug-likeness (QED) is 0.231. The minimum atomic E-state index is -2.09. The van der Waals surface area contributed by atoms with Crippen LogP contribution in [0.3, 0.4) is 0 Å². The van der Waals surface area contributed by atoms with E-state index in [2.05, 4.69) is 38.6 Å². The Morgan fingerprint density at radius 2 is 1.82 bits per heavy atom. The minimum Gasteiger partial charge on any atom is -0.496 e. The largest absolute Gasteiger partial charge is 0.496 e. The lowest BCUT2D eigenvalue weighted by Gasteiger charge is -2.46. The molecule has 9 rings (SSSR count). The SMILES string of the molecule is COc1cccc2c1-c1noc3c1[C@@]14c5ccc6c(c5O[C@@]21O[C@H](C)[C@H]4C(C)=C3)C(=O)C1=C(CC(C)=CC1O[Si](C)(C)C)C6=O. The van der Waals surface area contributed by atoms with E-state index in [1.54, 1.807) is 7.11 Å².